The first-order chi connectivity index (χ1) is 5.25. The maximum absolute atomic E-state index is 10.7. The number of aromatic amines is 1. The lowest BCUT2D eigenvalue weighted by Gasteiger charge is -2.02. The SMILES string of the molecule is CCOc1cc[nH]c(=O)c1O. The fraction of sp³-hybridized carbons (Fsp3) is 0.286. The summed E-state index contributed by atoms with van der Waals surface area (Å²) in [5.74, 6) is -0.148. The minimum Gasteiger partial charge on any atom is -0.500 e. The molecular weight excluding hydrogens is 146 g/mol. The molecule has 60 valence electrons. The zero-order valence-electron chi connectivity index (χ0n) is 6.13. The first kappa shape index (κ1) is 7.65. The van der Waals surface area contributed by atoms with Crippen LogP contribution >= 0.6 is 0 Å². The minimum atomic E-state index is -0.532. The Morgan fingerprint density at radius 1 is 1.73 bits per heavy atom. The van der Waals surface area contributed by atoms with Crippen LogP contribution < -0.4 is 10.3 Å². The van der Waals surface area contributed by atoms with Gasteiger partial charge in [-0.15, -0.1) is 0 Å². The van der Waals surface area contributed by atoms with Gasteiger partial charge in [-0.25, -0.2) is 0 Å². The number of aromatic hydroxyl groups is 1. The molecule has 0 bridgehead atoms. The van der Waals surface area contributed by atoms with Crippen LogP contribution in [0.3, 0.4) is 0 Å². The highest BCUT2D eigenvalue weighted by atomic mass is 16.5. The third kappa shape index (κ3) is 1.52. The molecular formula is C7H9NO3. The molecule has 0 saturated carbocycles. The number of H-pyrrole nitrogens is 1. The molecule has 4 heteroatoms. The van der Waals surface area contributed by atoms with E-state index in [4.69, 9.17) is 9.84 Å². The predicted molar refractivity (Wildman–Crippen MR) is 39.9 cm³/mol. The maximum atomic E-state index is 10.7. The van der Waals surface area contributed by atoms with Gasteiger partial charge in [0.15, 0.2) is 5.75 Å². The molecule has 4 nitrogen and oxygen atoms in total. The molecule has 1 heterocycles. The van der Waals surface area contributed by atoms with Crippen LogP contribution in [-0.4, -0.2) is 16.7 Å². The topological polar surface area (TPSA) is 62.3 Å². The second-order valence-electron chi connectivity index (χ2n) is 1.95. The van der Waals surface area contributed by atoms with Gasteiger partial charge in [0.2, 0.25) is 5.75 Å². The summed E-state index contributed by atoms with van der Waals surface area (Å²) >= 11 is 0. The van der Waals surface area contributed by atoms with E-state index in [1.54, 1.807) is 6.92 Å². The first-order valence-electron chi connectivity index (χ1n) is 3.29. The normalized spacial score (nSPS) is 9.55. The molecule has 0 saturated heterocycles. The lowest BCUT2D eigenvalue weighted by Crippen LogP contribution is -2.05. The van der Waals surface area contributed by atoms with Crippen LogP contribution in [0.5, 0.6) is 11.5 Å². The second kappa shape index (κ2) is 3.09. The fourth-order valence-electron chi connectivity index (χ4n) is 0.724. The summed E-state index contributed by atoms with van der Waals surface area (Å²) in [6, 6.07) is 1.50. The quantitative estimate of drug-likeness (QED) is 0.652. The average Bonchev–Trinajstić information content (AvgIpc) is 1.99. The third-order valence-electron chi connectivity index (χ3n) is 1.20. The Hall–Kier alpha value is -1.45. The number of ether oxygens (including phenoxy) is 1. The van der Waals surface area contributed by atoms with E-state index in [-0.39, 0.29) is 11.5 Å². The van der Waals surface area contributed by atoms with E-state index in [1.807, 2.05) is 0 Å². The highest BCUT2D eigenvalue weighted by molar-refractivity contribution is 5.34. The Morgan fingerprint density at radius 3 is 3.09 bits per heavy atom. The Balaban J connectivity index is 3.06. The molecule has 0 unspecified atom stereocenters. The molecule has 0 aromatic carbocycles. The van der Waals surface area contributed by atoms with Crippen molar-refractivity contribution in [3.63, 3.8) is 0 Å². The van der Waals surface area contributed by atoms with Crippen molar-refractivity contribution in [3.8, 4) is 11.5 Å². The van der Waals surface area contributed by atoms with Crippen LogP contribution in [0.2, 0.25) is 0 Å². The third-order valence-corrected chi connectivity index (χ3v) is 1.20. The number of pyridine rings is 1. The van der Waals surface area contributed by atoms with Crippen LogP contribution in [0.4, 0.5) is 0 Å². The largest absolute Gasteiger partial charge is 0.500 e. The van der Waals surface area contributed by atoms with Gasteiger partial charge < -0.3 is 14.8 Å². The summed E-state index contributed by atoms with van der Waals surface area (Å²) in [6.45, 7) is 2.21. The Kier molecular flexibility index (Phi) is 2.15. The Bertz CT molecular complexity index is 292. The van der Waals surface area contributed by atoms with Crippen LogP contribution in [0.25, 0.3) is 0 Å². The van der Waals surface area contributed by atoms with Gasteiger partial charge >= 0.3 is 0 Å². The molecule has 0 fully saturated rings. The van der Waals surface area contributed by atoms with Crippen molar-refractivity contribution in [3.05, 3.63) is 22.6 Å². The van der Waals surface area contributed by atoms with E-state index in [0.717, 1.165) is 0 Å². The van der Waals surface area contributed by atoms with Crippen molar-refractivity contribution < 1.29 is 9.84 Å². The Morgan fingerprint density at radius 2 is 2.45 bits per heavy atom. The van der Waals surface area contributed by atoms with Crippen molar-refractivity contribution in [2.45, 2.75) is 6.92 Å². The van der Waals surface area contributed by atoms with Gasteiger partial charge in [-0.2, -0.15) is 0 Å². The molecule has 11 heavy (non-hydrogen) atoms. The molecule has 0 radical (unpaired) electrons. The highest BCUT2D eigenvalue weighted by Gasteiger charge is 2.03. The fourth-order valence-corrected chi connectivity index (χ4v) is 0.724. The molecule has 0 atom stereocenters. The van der Waals surface area contributed by atoms with Crippen LogP contribution in [0.15, 0.2) is 17.1 Å². The standard InChI is InChI=1S/C7H9NO3/c1-2-11-5-3-4-8-7(10)6(5)9/h3-4,9H,2H2,1H3,(H,8,10). The molecule has 0 aliphatic rings. The van der Waals surface area contributed by atoms with Crippen LogP contribution in [-0.2, 0) is 0 Å². The number of aromatic nitrogens is 1. The van der Waals surface area contributed by atoms with E-state index >= 15 is 0 Å². The van der Waals surface area contributed by atoms with Crippen molar-refractivity contribution in [1.29, 1.82) is 0 Å². The van der Waals surface area contributed by atoms with Gasteiger partial charge in [0, 0.05) is 12.3 Å². The smallest absolute Gasteiger partial charge is 0.294 e. The van der Waals surface area contributed by atoms with E-state index < -0.39 is 5.56 Å². The molecule has 1 aromatic heterocycles. The number of hydrogen-bond donors (Lipinski definition) is 2. The zero-order valence-corrected chi connectivity index (χ0v) is 6.13. The lowest BCUT2D eigenvalue weighted by molar-refractivity contribution is 0.315. The van der Waals surface area contributed by atoms with Gasteiger partial charge in [-0.1, -0.05) is 0 Å². The van der Waals surface area contributed by atoms with Crippen molar-refractivity contribution in [2.24, 2.45) is 0 Å². The average molecular weight is 155 g/mol. The summed E-state index contributed by atoms with van der Waals surface area (Å²) in [7, 11) is 0. The van der Waals surface area contributed by atoms with E-state index in [2.05, 4.69) is 4.98 Å². The van der Waals surface area contributed by atoms with Crippen molar-refractivity contribution >= 4 is 0 Å². The van der Waals surface area contributed by atoms with Crippen molar-refractivity contribution in [1.82, 2.24) is 4.98 Å². The summed E-state index contributed by atoms with van der Waals surface area (Å²) in [4.78, 5) is 13.0. The monoisotopic (exact) mass is 155 g/mol. The van der Waals surface area contributed by atoms with Gasteiger partial charge in [0.25, 0.3) is 5.56 Å². The molecule has 0 aliphatic heterocycles. The van der Waals surface area contributed by atoms with Gasteiger partial charge in [-0.3, -0.25) is 4.79 Å². The molecule has 1 aromatic rings. The summed E-state index contributed by atoms with van der Waals surface area (Å²) in [6.07, 6.45) is 1.42. The minimum absolute atomic E-state index is 0.219. The number of nitrogens with one attached hydrogen (secondary N) is 1. The van der Waals surface area contributed by atoms with E-state index in [0.29, 0.717) is 6.61 Å². The molecule has 2 N–H and O–H groups in total. The number of hydrogen-bond acceptors (Lipinski definition) is 3. The van der Waals surface area contributed by atoms with E-state index in [1.165, 1.54) is 12.3 Å². The zero-order chi connectivity index (χ0) is 8.27. The molecule has 0 amide bonds. The van der Waals surface area contributed by atoms with Crippen molar-refractivity contribution in [2.75, 3.05) is 6.61 Å². The predicted octanol–water partition coefficient (Wildman–Crippen LogP) is 0.479. The summed E-state index contributed by atoms with van der Waals surface area (Å²) in [5.41, 5.74) is -0.532. The summed E-state index contributed by atoms with van der Waals surface area (Å²) in [5, 5.41) is 9.06. The summed E-state index contributed by atoms with van der Waals surface area (Å²) < 4.78 is 4.95. The van der Waals surface area contributed by atoms with Gasteiger partial charge in [0.05, 0.1) is 6.61 Å². The molecule has 1 rings (SSSR count). The van der Waals surface area contributed by atoms with Gasteiger partial charge in [-0.05, 0) is 6.92 Å². The number of rotatable bonds is 2. The molecule has 0 aliphatic carbocycles. The lowest BCUT2D eigenvalue weighted by atomic mass is 10.4. The second-order valence-corrected chi connectivity index (χ2v) is 1.95. The Labute approximate surface area is 63.5 Å². The van der Waals surface area contributed by atoms with Crippen LogP contribution in [0.1, 0.15) is 6.92 Å². The van der Waals surface area contributed by atoms with Crippen LogP contribution in [0, 0.1) is 0 Å². The van der Waals surface area contributed by atoms with E-state index in [9.17, 15) is 4.79 Å². The highest BCUT2D eigenvalue weighted by Crippen LogP contribution is 2.18. The molecule has 0 spiro atoms. The maximum Gasteiger partial charge on any atom is 0.294 e. The first-order valence-corrected chi connectivity index (χ1v) is 3.29. The van der Waals surface area contributed by atoms with Gasteiger partial charge in [0.1, 0.15) is 0 Å².